The Labute approximate surface area is 110 Å². The molecule has 0 aliphatic carbocycles. The number of rotatable bonds is 5. The number of halogens is 3. The number of hydrogen-bond donors (Lipinski definition) is 1. The van der Waals surface area contributed by atoms with Crippen molar-refractivity contribution in [3.05, 3.63) is 29.8 Å². The smallest absolute Gasteiger partial charge is 0.326 e. The maximum Gasteiger partial charge on any atom is 0.389 e. The summed E-state index contributed by atoms with van der Waals surface area (Å²) >= 11 is 0. The Morgan fingerprint density at radius 3 is 2.26 bits per heavy atom. The van der Waals surface area contributed by atoms with E-state index in [-0.39, 0.29) is 0 Å². The zero-order valence-corrected chi connectivity index (χ0v) is 10.7. The molecular weight excluding hydrogens is 257 g/mol. The Morgan fingerprint density at radius 2 is 1.84 bits per heavy atom. The van der Waals surface area contributed by atoms with E-state index >= 15 is 0 Å². The van der Waals surface area contributed by atoms with Gasteiger partial charge in [-0.15, -0.1) is 0 Å². The molecule has 2 N–H and O–H groups in total. The number of nitrogens with zero attached hydrogens (tertiary/aromatic N) is 1. The molecule has 0 radical (unpaired) electrons. The van der Waals surface area contributed by atoms with Crippen molar-refractivity contribution >= 4 is 11.6 Å². The Kier molecular flexibility index (Phi) is 5.35. The lowest BCUT2D eigenvalue weighted by atomic mass is 10.2. The van der Waals surface area contributed by atoms with Gasteiger partial charge in [0.25, 0.3) is 0 Å². The predicted octanol–water partition coefficient (Wildman–Crippen LogP) is 2.84. The molecule has 0 atom stereocenters. The molecule has 106 valence electrons. The van der Waals surface area contributed by atoms with Gasteiger partial charge in [0.1, 0.15) is 0 Å². The van der Waals surface area contributed by atoms with Gasteiger partial charge in [-0.25, -0.2) is 0 Å². The van der Waals surface area contributed by atoms with Crippen molar-refractivity contribution in [1.29, 1.82) is 0 Å². The van der Waals surface area contributed by atoms with Gasteiger partial charge in [-0.05, 0) is 24.6 Å². The van der Waals surface area contributed by atoms with Gasteiger partial charge in [0.2, 0.25) is 5.91 Å². The second-order valence-corrected chi connectivity index (χ2v) is 4.12. The Bertz CT molecular complexity index is 415. The fourth-order valence-electron chi connectivity index (χ4n) is 1.70. The predicted molar refractivity (Wildman–Crippen MR) is 67.6 cm³/mol. The van der Waals surface area contributed by atoms with Crippen LogP contribution < -0.4 is 10.6 Å². The van der Waals surface area contributed by atoms with Crippen molar-refractivity contribution in [3.63, 3.8) is 0 Å². The van der Waals surface area contributed by atoms with Crippen molar-refractivity contribution in [3.8, 4) is 0 Å². The molecule has 0 spiro atoms. The van der Waals surface area contributed by atoms with Gasteiger partial charge in [0.15, 0.2) is 0 Å². The molecule has 0 bridgehead atoms. The molecule has 3 nitrogen and oxygen atoms in total. The fourth-order valence-corrected chi connectivity index (χ4v) is 1.70. The molecule has 1 amide bonds. The molecule has 0 unspecified atom stereocenters. The lowest BCUT2D eigenvalue weighted by molar-refractivity contribution is -0.143. The number of carbonyl (C=O) groups is 1. The van der Waals surface area contributed by atoms with E-state index in [4.69, 9.17) is 5.73 Å². The average molecular weight is 274 g/mol. The summed E-state index contributed by atoms with van der Waals surface area (Å²) < 4.78 is 36.3. The molecule has 19 heavy (non-hydrogen) atoms. The van der Waals surface area contributed by atoms with Crippen molar-refractivity contribution in [2.75, 3.05) is 11.4 Å². The number of carbonyl (C=O) groups excluding carboxylic acids is 1. The average Bonchev–Trinajstić information content (AvgIpc) is 2.37. The summed E-state index contributed by atoms with van der Waals surface area (Å²) in [7, 11) is 0. The maximum atomic E-state index is 12.1. The van der Waals surface area contributed by atoms with Gasteiger partial charge < -0.3 is 10.6 Å². The quantitative estimate of drug-likeness (QED) is 0.897. The summed E-state index contributed by atoms with van der Waals surface area (Å²) in [5, 5.41) is 0. The van der Waals surface area contributed by atoms with Crippen LogP contribution in [0.15, 0.2) is 24.3 Å². The van der Waals surface area contributed by atoms with Gasteiger partial charge in [-0.3, -0.25) is 4.79 Å². The molecular formula is C13H17F3N2O. The fraction of sp³-hybridized carbons (Fsp3) is 0.462. The highest BCUT2D eigenvalue weighted by molar-refractivity contribution is 5.93. The van der Waals surface area contributed by atoms with Gasteiger partial charge in [-0.2, -0.15) is 13.2 Å². The van der Waals surface area contributed by atoms with Gasteiger partial charge in [0.05, 0.1) is 6.42 Å². The lowest BCUT2D eigenvalue weighted by Gasteiger charge is -2.21. The summed E-state index contributed by atoms with van der Waals surface area (Å²) in [5.74, 6) is -0.527. The molecule has 0 aliphatic rings. The Hall–Kier alpha value is -1.56. The lowest BCUT2D eigenvalue weighted by Crippen LogP contribution is -2.31. The summed E-state index contributed by atoms with van der Waals surface area (Å²) in [6.45, 7) is 2.44. The summed E-state index contributed by atoms with van der Waals surface area (Å²) in [4.78, 5) is 13.1. The highest BCUT2D eigenvalue weighted by Crippen LogP contribution is 2.23. The molecule has 0 aromatic heterocycles. The highest BCUT2D eigenvalue weighted by Gasteiger charge is 2.29. The molecule has 1 aromatic carbocycles. The molecule has 0 saturated carbocycles. The van der Waals surface area contributed by atoms with Crippen molar-refractivity contribution in [2.24, 2.45) is 5.73 Å². The van der Waals surface area contributed by atoms with Gasteiger partial charge in [0, 0.05) is 25.2 Å². The molecule has 0 saturated heterocycles. The zero-order chi connectivity index (χ0) is 14.5. The number of benzene rings is 1. The van der Waals surface area contributed by atoms with Crippen LogP contribution in [0.5, 0.6) is 0 Å². The van der Waals surface area contributed by atoms with Crippen LogP contribution in [0, 0.1) is 0 Å². The third-order valence-electron chi connectivity index (χ3n) is 2.72. The third-order valence-corrected chi connectivity index (χ3v) is 2.72. The maximum absolute atomic E-state index is 12.1. The zero-order valence-electron chi connectivity index (χ0n) is 10.7. The first-order valence-electron chi connectivity index (χ1n) is 6.03. The van der Waals surface area contributed by atoms with E-state index in [2.05, 4.69) is 0 Å². The number of nitrogens with two attached hydrogens (primary N) is 1. The van der Waals surface area contributed by atoms with Crippen LogP contribution in [-0.2, 0) is 11.3 Å². The second kappa shape index (κ2) is 6.56. The van der Waals surface area contributed by atoms with Crippen LogP contribution in [-0.4, -0.2) is 18.6 Å². The van der Waals surface area contributed by atoms with E-state index < -0.39 is 24.9 Å². The number of amides is 1. The normalized spacial score (nSPS) is 11.4. The number of anilines is 1. The standard InChI is InChI=1S/C13H17F3N2O/c1-2-18(12(19)7-8-13(14,15)16)11-5-3-10(9-17)4-6-11/h3-6H,2,7-9,17H2,1H3. The number of hydrogen-bond acceptors (Lipinski definition) is 2. The summed E-state index contributed by atoms with van der Waals surface area (Å²) in [6, 6.07) is 6.90. The first-order valence-corrected chi connectivity index (χ1v) is 6.03. The van der Waals surface area contributed by atoms with E-state index in [0.717, 1.165) is 5.56 Å². The van der Waals surface area contributed by atoms with Crippen molar-refractivity contribution in [1.82, 2.24) is 0 Å². The topological polar surface area (TPSA) is 46.3 Å². The minimum Gasteiger partial charge on any atom is -0.326 e. The van der Waals surface area contributed by atoms with E-state index in [0.29, 0.717) is 18.8 Å². The molecule has 0 aliphatic heterocycles. The molecule has 1 aromatic rings. The summed E-state index contributed by atoms with van der Waals surface area (Å²) in [6.07, 6.45) is -5.93. The summed E-state index contributed by atoms with van der Waals surface area (Å²) in [5.41, 5.74) is 6.95. The third kappa shape index (κ3) is 4.90. The van der Waals surface area contributed by atoms with Crippen LogP contribution in [0.3, 0.4) is 0 Å². The van der Waals surface area contributed by atoms with Crippen LogP contribution in [0.2, 0.25) is 0 Å². The monoisotopic (exact) mass is 274 g/mol. The first kappa shape index (κ1) is 15.5. The van der Waals surface area contributed by atoms with Crippen LogP contribution >= 0.6 is 0 Å². The van der Waals surface area contributed by atoms with E-state index in [9.17, 15) is 18.0 Å². The molecule has 0 fully saturated rings. The van der Waals surface area contributed by atoms with E-state index in [1.807, 2.05) is 0 Å². The molecule has 6 heteroatoms. The van der Waals surface area contributed by atoms with Gasteiger partial charge >= 0.3 is 6.18 Å². The molecule has 0 heterocycles. The van der Waals surface area contributed by atoms with Crippen molar-refractivity contribution < 1.29 is 18.0 Å². The Balaban J connectivity index is 2.73. The van der Waals surface area contributed by atoms with E-state index in [1.165, 1.54) is 4.90 Å². The minimum absolute atomic E-state index is 0.332. The number of alkyl halides is 3. The van der Waals surface area contributed by atoms with Crippen LogP contribution in [0.25, 0.3) is 0 Å². The van der Waals surface area contributed by atoms with Crippen molar-refractivity contribution in [2.45, 2.75) is 32.5 Å². The van der Waals surface area contributed by atoms with Crippen LogP contribution in [0.1, 0.15) is 25.3 Å². The van der Waals surface area contributed by atoms with Gasteiger partial charge in [-0.1, -0.05) is 12.1 Å². The first-order chi connectivity index (χ1) is 8.87. The van der Waals surface area contributed by atoms with E-state index in [1.54, 1.807) is 31.2 Å². The minimum atomic E-state index is -4.31. The van der Waals surface area contributed by atoms with Crippen LogP contribution in [0.4, 0.5) is 18.9 Å². The Morgan fingerprint density at radius 1 is 1.26 bits per heavy atom. The highest BCUT2D eigenvalue weighted by atomic mass is 19.4. The molecule has 1 rings (SSSR count). The largest absolute Gasteiger partial charge is 0.389 e. The second-order valence-electron chi connectivity index (χ2n) is 4.12. The SMILES string of the molecule is CCN(C(=O)CCC(F)(F)F)c1ccc(CN)cc1.